The molecule has 0 radical (unpaired) electrons. The van der Waals surface area contributed by atoms with Gasteiger partial charge in [-0.25, -0.2) is 0 Å². The van der Waals surface area contributed by atoms with Gasteiger partial charge in [0, 0.05) is 31.2 Å². The molecule has 3 heterocycles. The summed E-state index contributed by atoms with van der Waals surface area (Å²) in [6, 6.07) is 9.12. The molecule has 2 bridgehead atoms. The monoisotopic (exact) mass is 339 g/mol. The number of amides is 2. The molecule has 4 rings (SSSR count). The summed E-state index contributed by atoms with van der Waals surface area (Å²) in [6.45, 7) is 1.55. The molecule has 3 aliphatic heterocycles. The smallest absolute Gasteiger partial charge is 0.223 e. The molecule has 2 fully saturated rings. The second-order valence-corrected chi connectivity index (χ2v) is 7.46. The first-order chi connectivity index (χ1) is 12.1. The Labute approximate surface area is 148 Å². The molecule has 5 nitrogen and oxygen atoms in total. The zero-order valence-electron chi connectivity index (χ0n) is 14.6. The van der Waals surface area contributed by atoms with Gasteiger partial charge in [0.15, 0.2) is 0 Å². The first-order valence-corrected chi connectivity index (χ1v) is 9.21. The van der Waals surface area contributed by atoms with Crippen LogP contribution in [0.4, 0.5) is 0 Å². The minimum Gasteiger partial charge on any atom is -0.353 e. The number of carbonyl (C=O) groups is 2. The molecule has 0 spiro atoms. The average Bonchev–Trinajstić information content (AvgIpc) is 2.93. The third-order valence-electron chi connectivity index (χ3n) is 5.69. The number of hydrogen-bond acceptors (Lipinski definition) is 3. The SMILES string of the molecule is CC(=O)N1C=Cc2ccccc2C1CC(=O)NC1CC2CCC(C1)N2. The first-order valence-electron chi connectivity index (χ1n) is 9.21. The third-order valence-corrected chi connectivity index (χ3v) is 5.69. The summed E-state index contributed by atoms with van der Waals surface area (Å²) in [4.78, 5) is 26.4. The van der Waals surface area contributed by atoms with Crippen molar-refractivity contribution >= 4 is 17.9 Å². The summed E-state index contributed by atoms with van der Waals surface area (Å²) in [5, 5.41) is 6.81. The Kier molecular flexibility index (Phi) is 4.34. The molecule has 25 heavy (non-hydrogen) atoms. The van der Waals surface area contributed by atoms with Crippen LogP contribution in [0.2, 0.25) is 0 Å². The molecule has 0 aliphatic carbocycles. The van der Waals surface area contributed by atoms with Crippen molar-refractivity contribution in [1.82, 2.24) is 15.5 Å². The predicted molar refractivity (Wildman–Crippen MR) is 96.5 cm³/mol. The highest BCUT2D eigenvalue weighted by Crippen LogP contribution is 2.33. The maximum Gasteiger partial charge on any atom is 0.223 e. The molecular weight excluding hydrogens is 314 g/mol. The topological polar surface area (TPSA) is 61.4 Å². The Morgan fingerprint density at radius 1 is 1.20 bits per heavy atom. The van der Waals surface area contributed by atoms with E-state index in [1.165, 1.54) is 12.8 Å². The van der Waals surface area contributed by atoms with Crippen molar-refractivity contribution in [2.75, 3.05) is 0 Å². The van der Waals surface area contributed by atoms with Gasteiger partial charge in [-0.2, -0.15) is 0 Å². The van der Waals surface area contributed by atoms with Crippen LogP contribution in [0.5, 0.6) is 0 Å². The highest BCUT2D eigenvalue weighted by atomic mass is 16.2. The highest BCUT2D eigenvalue weighted by molar-refractivity contribution is 5.82. The summed E-state index contributed by atoms with van der Waals surface area (Å²) in [7, 11) is 0. The molecule has 1 aromatic rings. The molecule has 3 aliphatic rings. The van der Waals surface area contributed by atoms with Crippen LogP contribution < -0.4 is 10.6 Å². The predicted octanol–water partition coefficient (Wildman–Crippen LogP) is 2.35. The Morgan fingerprint density at radius 3 is 2.64 bits per heavy atom. The molecule has 1 aromatic carbocycles. The zero-order valence-corrected chi connectivity index (χ0v) is 14.6. The molecule has 0 saturated carbocycles. The Balaban J connectivity index is 1.46. The Morgan fingerprint density at radius 2 is 1.92 bits per heavy atom. The third kappa shape index (κ3) is 3.33. The molecule has 3 atom stereocenters. The number of nitrogens with zero attached hydrogens (tertiary/aromatic N) is 1. The molecule has 3 unspecified atom stereocenters. The lowest BCUT2D eigenvalue weighted by atomic mass is 9.93. The van der Waals surface area contributed by atoms with Crippen molar-refractivity contribution in [3.63, 3.8) is 0 Å². The lowest BCUT2D eigenvalue weighted by molar-refractivity contribution is -0.130. The van der Waals surface area contributed by atoms with Crippen LogP contribution in [0.3, 0.4) is 0 Å². The fraction of sp³-hybridized carbons (Fsp3) is 0.500. The number of carbonyl (C=O) groups excluding carboxylic acids is 2. The van der Waals surface area contributed by atoms with E-state index in [0.717, 1.165) is 24.0 Å². The number of benzene rings is 1. The van der Waals surface area contributed by atoms with Crippen LogP contribution in [0.25, 0.3) is 6.08 Å². The van der Waals surface area contributed by atoms with Crippen molar-refractivity contribution in [3.05, 3.63) is 41.6 Å². The number of rotatable bonds is 3. The quantitative estimate of drug-likeness (QED) is 0.889. The fourth-order valence-corrected chi connectivity index (χ4v) is 4.55. The van der Waals surface area contributed by atoms with Crippen molar-refractivity contribution in [2.45, 2.75) is 63.2 Å². The second kappa shape index (κ2) is 6.64. The van der Waals surface area contributed by atoms with Gasteiger partial charge >= 0.3 is 0 Å². The zero-order chi connectivity index (χ0) is 17.4. The van der Waals surface area contributed by atoms with Gasteiger partial charge in [-0.1, -0.05) is 24.3 Å². The Hall–Kier alpha value is -2.14. The van der Waals surface area contributed by atoms with Crippen LogP contribution >= 0.6 is 0 Å². The Bertz CT molecular complexity index is 703. The maximum atomic E-state index is 12.7. The molecule has 0 aromatic heterocycles. The highest BCUT2D eigenvalue weighted by Gasteiger charge is 2.35. The van der Waals surface area contributed by atoms with E-state index in [1.807, 2.05) is 30.3 Å². The van der Waals surface area contributed by atoms with Gasteiger partial charge in [0.1, 0.15) is 0 Å². The summed E-state index contributed by atoms with van der Waals surface area (Å²) in [5.74, 6) is -0.00360. The summed E-state index contributed by atoms with van der Waals surface area (Å²) in [6.07, 6.45) is 8.51. The molecule has 5 heteroatoms. The van der Waals surface area contributed by atoms with Crippen molar-refractivity contribution in [1.29, 1.82) is 0 Å². The van der Waals surface area contributed by atoms with Gasteiger partial charge in [-0.05, 0) is 42.9 Å². The van der Waals surface area contributed by atoms with Crippen LogP contribution in [-0.4, -0.2) is 34.8 Å². The first kappa shape index (κ1) is 16.3. The fourth-order valence-electron chi connectivity index (χ4n) is 4.55. The van der Waals surface area contributed by atoms with Gasteiger partial charge in [-0.3, -0.25) is 9.59 Å². The van der Waals surface area contributed by atoms with Crippen LogP contribution in [0, 0.1) is 0 Å². The van der Waals surface area contributed by atoms with Gasteiger partial charge < -0.3 is 15.5 Å². The van der Waals surface area contributed by atoms with Gasteiger partial charge in [-0.15, -0.1) is 0 Å². The number of hydrogen-bond donors (Lipinski definition) is 2. The molecule has 2 saturated heterocycles. The van der Waals surface area contributed by atoms with E-state index in [2.05, 4.69) is 10.6 Å². The largest absolute Gasteiger partial charge is 0.353 e. The molecule has 2 N–H and O–H groups in total. The minimum absolute atomic E-state index is 0.0349. The summed E-state index contributed by atoms with van der Waals surface area (Å²) in [5.41, 5.74) is 2.12. The van der Waals surface area contributed by atoms with Crippen molar-refractivity contribution < 1.29 is 9.59 Å². The summed E-state index contributed by atoms with van der Waals surface area (Å²) < 4.78 is 0. The number of piperidine rings is 1. The molecule has 2 amide bonds. The second-order valence-electron chi connectivity index (χ2n) is 7.46. The normalized spacial score (nSPS) is 30.0. The van der Waals surface area contributed by atoms with E-state index in [4.69, 9.17) is 0 Å². The van der Waals surface area contributed by atoms with E-state index < -0.39 is 0 Å². The molecule has 132 valence electrons. The number of nitrogens with one attached hydrogen (secondary N) is 2. The minimum atomic E-state index is -0.225. The number of fused-ring (bicyclic) bond motifs is 3. The van der Waals surface area contributed by atoms with E-state index in [0.29, 0.717) is 18.5 Å². The lowest BCUT2D eigenvalue weighted by Gasteiger charge is -2.34. The van der Waals surface area contributed by atoms with E-state index in [-0.39, 0.29) is 23.9 Å². The van der Waals surface area contributed by atoms with Gasteiger partial charge in [0.05, 0.1) is 12.5 Å². The molecular formula is C20H25N3O2. The lowest BCUT2D eigenvalue weighted by Crippen LogP contribution is -2.48. The van der Waals surface area contributed by atoms with Crippen LogP contribution in [0.1, 0.15) is 56.2 Å². The van der Waals surface area contributed by atoms with Crippen LogP contribution in [0.15, 0.2) is 30.5 Å². The van der Waals surface area contributed by atoms with E-state index in [1.54, 1.807) is 18.0 Å². The van der Waals surface area contributed by atoms with Gasteiger partial charge in [0.2, 0.25) is 11.8 Å². The average molecular weight is 339 g/mol. The maximum absolute atomic E-state index is 12.7. The van der Waals surface area contributed by atoms with E-state index >= 15 is 0 Å². The van der Waals surface area contributed by atoms with Crippen molar-refractivity contribution in [3.8, 4) is 0 Å². The standard InChI is InChI=1S/C20H25N3O2/c1-13(24)23-9-8-14-4-2-3-5-18(14)19(23)12-20(25)22-17-10-15-6-7-16(11-17)21-15/h2-5,8-9,15-17,19,21H,6-7,10-12H2,1H3,(H,22,25). The van der Waals surface area contributed by atoms with Crippen LogP contribution in [-0.2, 0) is 9.59 Å². The van der Waals surface area contributed by atoms with E-state index in [9.17, 15) is 9.59 Å². The van der Waals surface area contributed by atoms with Gasteiger partial charge in [0.25, 0.3) is 0 Å². The van der Waals surface area contributed by atoms with Crippen molar-refractivity contribution in [2.24, 2.45) is 0 Å². The summed E-state index contributed by atoms with van der Waals surface area (Å²) >= 11 is 0.